The van der Waals surface area contributed by atoms with Crippen molar-refractivity contribution in [1.29, 1.82) is 0 Å². The molecule has 0 aromatic carbocycles. The van der Waals surface area contributed by atoms with Crippen LogP contribution in [0.15, 0.2) is 6.07 Å². The summed E-state index contributed by atoms with van der Waals surface area (Å²) in [5.41, 5.74) is 1.88. The van der Waals surface area contributed by atoms with Crippen molar-refractivity contribution in [2.75, 3.05) is 17.3 Å². The predicted molar refractivity (Wildman–Crippen MR) is 81.9 cm³/mol. The van der Waals surface area contributed by atoms with E-state index in [1.165, 1.54) is 4.88 Å². The number of fused-ring (bicyclic) bond motifs is 1. The van der Waals surface area contributed by atoms with Gasteiger partial charge in [-0.2, -0.15) is 4.98 Å². The van der Waals surface area contributed by atoms with E-state index in [1.54, 1.807) is 11.3 Å². The summed E-state index contributed by atoms with van der Waals surface area (Å²) in [4.78, 5) is 10.8. The van der Waals surface area contributed by atoms with Gasteiger partial charge in [0.05, 0.1) is 11.0 Å². The minimum absolute atomic E-state index is 0.389. The molecular formula is C13H19N5OS. The van der Waals surface area contributed by atoms with E-state index in [0.717, 1.165) is 41.7 Å². The molecule has 2 heterocycles. The lowest BCUT2D eigenvalue weighted by atomic mass is 10.0. The van der Waals surface area contributed by atoms with Crippen molar-refractivity contribution < 1.29 is 5.11 Å². The van der Waals surface area contributed by atoms with Crippen LogP contribution in [-0.4, -0.2) is 27.2 Å². The molecule has 20 heavy (non-hydrogen) atoms. The van der Waals surface area contributed by atoms with Gasteiger partial charge >= 0.3 is 0 Å². The highest BCUT2D eigenvalue weighted by Crippen LogP contribution is 2.32. The van der Waals surface area contributed by atoms with Gasteiger partial charge in [0.1, 0.15) is 10.6 Å². The number of nitrogen functional groups attached to an aromatic ring is 1. The molecule has 1 aliphatic carbocycles. The third-order valence-electron chi connectivity index (χ3n) is 3.76. The van der Waals surface area contributed by atoms with Crippen molar-refractivity contribution in [3.8, 4) is 0 Å². The molecule has 0 spiro atoms. The minimum atomic E-state index is -0.612. The van der Waals surface area contributed by atoms with Crippen LogP contribution in [0.3, 0.4) is 0 Å². The van der Waals surface area contributed by atoms with Crippen LogP contribution in [0.4, 0.5) is 11.8 Å². The van der Waals surface area contributed by atoms with Crippen molar-refractivity contribution in [3.05, 3.63) is 10.9 Å². The number of nitrogens with one attached hydrogen (secondary N) is 2. The lowest BCUT2D eigenvalue weighted by Crippen LogP contribution is -2.33. The van der Waals surface area contributed by atoms with E-state index in [9.17, 15) is 5.11 Å². The number of aryl methyl sites for hydroxylation is 1. The molecule has 0 saturated heterocycles. The highest BCUT2D eigenvalue weighted by Gasteiger charge is 2.31. The third kappa shape index (κ3) is 2.56. The summed E-state index contributed by atoms with van der Waals surface area (Å²) >= 11 is 1.60. The van der Waals surface area contributed by atoms with Crippen molar-refractivity contribution in [2.24, 2.45) is 5.84 Å². The average molecular weight is 293 g/mol. The number of rotatable bonds is 4. The van der Waals surface area contributed by atoms with Gasteiger partial charge in [-0.3, -0.25) is 5.43 Å². The van der Waals surface area contributed by atoms with E-state index in [4.69, 9.17) is 5.84 Å². The van der Waals surface area contributed by atoms with Gasteiger partial charge in [0.25, 0.3) is 0 Å². The molecule has 0 unspecified atom stereocenters. The van der Waals surface area contributed by atoms with E-state index in [0.29, 0.717) is 12.5 Å². The van der Waals surface area contributed by atoms with Crippen LogP contribution in [0.2, 0.25) is 0 Å². The van der Waals surface area contributed by atoms with Crippen molar-refractivity contribution in [2.45, 2.75) is 38.2 Å². The van der Waals surface area contributed by atoms with Crippen LogP contribution in [0.25, 0.3) is 10.2 Å². The van der Waals surface area contributed by atoms with Crippen molar-refractivity contribution >= 4 is 33.3 Å². The summed E-state index contributed by atoms with van der Waals surface area (Å²) in [6.45, 7) is 2.55. The second-order valence-corrected chi connectivity index (χ2v) is 6.64. The molecule has 6 nitrogen and oxygen atoms in total. The van der Waals surface area contributed by atoms with Gasteiger partial charge in [-0.1, -0.05) is 12.8 Å². The molecular weight excluding hydrogens is 274 g/mol. The van der Waals surface area contributed by atoms with Crippen LogP contribution >= 0.6 is 11.3 Å². The maximum atomic E-state index is 10.4. The fraction of sp³-hybridized carbons (Fsp3) is 0.538. The van der Waals surface area contributed by atoms with E-state index in [1.807, 2.05) is 6.92 Å². The van der Waals surface area contributed by atoms with Gasteiger partial charge < -0.3 is 10.4 Å². The van der Waals surface area contributed by atoms with Crippen LogP contribution in [0.1, 0.15) is 30.6 Å². The van der Waals surface area contributed by atoms with Gasteiger partial charge in [-0.15, -0.1) is 11.3 Å². The Kier molecular flexibility index (Phi) is 3.49. The molecule has 1 saturated carbocycles. The molecule has 0 bridgehead atoms. The molecule has 0 radical (unpaired) electrons. The number of nitrogens with two attached hydrogens (primary N) is 1. The van der Waals surface area contributed by atoms with E-state index in [-0.39, 0.29) is 0 Å². The first kappa shape index (κ1) is 13.5. The Bertz CT molecular complexity index is 620. The van der Waals surface area contributed by atoms with Gasteiger partial charge in [-0.05, 0) is 25.8 Å². The zero-order valence-corrected chi connectivity index (χ0v) is 12.3. The number of hydrogen-bond acceptors (Lipinski definition) is 7. The summed E-state index contributed by atoms with van der Waals surface area (Å²) in [5.74, 6) is 6.53. The van der Waals surface area contributed by atoms with Gasteiger partial charge in [0.15, 0.2) is 0 Å². The van der Waals surface area contributed by atoms with Gasteiger partial charge in [-0.25, -0.2) is 10.8 Å². The van der Waals surface area contributed by atoms with Crippen LogP contribution in [0, 0.1) is 6.92 Å². The first-order valence-electron chi connectivity index (χ1n) is 6.81. The predicted octanol–water partition coefficient (Wildman–Crippen LogP) is 2.00. The monoisotopic (exact) mass is 293 g/mol. The number of hydrazine groups is 1. The van der Waals surface area contributed by atoms with Crippen molar-refractivity contribution in [1.82, 2.24) is 9.97 Å². The summed E-state index contributed by atoms with van der Waals surface area (Å²) in [7, 11) is 0. The molecule has 0 aliphatic heterocycles. The molecule has 7 heteroatoms. The number of thiophene rings is 1. The van der Waals surface area contributed by atoms with Crippen LogP contribution < -0.4 is 16.6 Å². The number of aromatic nitrogens is 2. The maximum Gasteiger partial charge on any atom is 0.240 e. The molecule has 3 rings (SSSR count). The number of anilines is 2. The number of hydrogen-bond donors (Lipinski definition) is 4. The number of aliphatic hydroxyl groups is 1. The first-order valence-corrected chi connectivity index (χ1v) is 7.62. The quantitative estimate of drug-likeness (QED) is 0.508. The molecule has 1 aliphatic rings. The Balaban J connectivity index is 1.89. The van der Waals surface area contributed by atoms with E-state index >= 15 is 0 Å². The fourth-order valence-electron chi connectivity index (χ4n) is 2.70. The first-order chi connectivity index (χ1) is 9.59. The standard InChI is InChI=1S/C13H19N5OS/c1-8-6-9-10(15-7-13(19)4-2-3-5-13)16-12(18-14)17-11(9)20-8/h6,19H,2-5,7,14H2,1H3,(H2,15,16,17,18). The molecule has 2 aromatic heterocycles. The lowest BCUT2D eigenvalue weighted by Gasteiger charge is -2.22. The normalized spacial score (nSPS) is 17.6. The highest BCUT2D eigenvalue weighted by molar-refractivity contribution is 7.18. The Morgan fingerprint density at radius 2 is 2.15 bits per heavy atom. The second-order valence-electron chi connectivity index (χ2n) is 5.40. The number of nitrogens with zero attached hydrogens (tertiary/aromatic N) is 2. The molecule has 0 atom stereocenters. The zero-order chi connectivity index (χ0) is 14.2. The minimum Gasteiger partial charge on any atom is -0.388 e. The fourth-order valence-corrected chi connectivity index (χ4v) is 3.58. The third-order valence-corrected chi connectivity index (χ3v) is 4.71. The Labute approximate surface area is 121 Å². The molecule has 5 N–H and O–H groups in total. The smallest absolute Gasteiger partial charge is 0.240 e. The largest absolute Gasteiger partial charge is 0.388 e. The maximum absolute atomic E-state index is 10.4. The van der Waals surface area contributed by atoms with Crippen LogP contribution in [-0.2, 0) is 0 Å². The molecule has 2 aromatic rings. The Hall–Kier alpha value is -1.44. The molecule has 1 fully saturated rings. The van der Waals surface area contributed by atoms with Crippen molar-refractivity contribution in [3.63, 3.8) is 0 Å². The highest BCUT2D eigenvalue weighted by atomic mass is 32.1. The lowest BCUT2D eigenvalue weighted by molar-refractivity contribution is 0.0614. The molecule has 108 valence electrons. The summed E-state index contributed by atoms with van der Waals surface area (Å²) in [6, 6.07) is 2.06. The summed E-state index contributed by atoms with van der Waals surface area (Å²) in [6.07, 6.45) is 3.87. The van der Waals surface area contributed by atoms with Crippen LogP contribution in [0.5, 0.6) is 0 Å². The van der Waals surface area contributed by atoms with E-state index in [2.05, 4.69) is 26.8 Å². The molecule has 0 amide bonds. The zero-order valence-electron chi connectivity index (χ0n) is 11.4. The Morgan fingerprint density at radius 1 is 1.40 bits per heavy atom. The summed E-state index contributed by atoms with van der Waals surface area (Å²) in [5, 5.41) is 14.7. The van der Waals surface area contributed by atoms with Gasteiger partial charge in [0, 0.05) is 11.4 Å². The van der Waals surface area contributed by atoms with E-state index < -0.39 is 5.60 Å². The average Bonchev–Trinajstić information content (AvgIpc) is 3.01. The SMILES string of the molecule is Cc1cc2c(NCC3(O)CCCC3)nc(NN)nc2s1. The Morgan fingerprint density at radius 3 is 2.85 bits per heavy atom. The topological polar surface area (TPSA) is 96.1 Å². The summed E-state index contributed by atoms with van der Waals surface area (Å²) < 4.78 is 0. The second kappa shape index (κ2) is 5.16. The van der Waals surface area contributed by atoms with Gasteiger partial charge in [0.2, 0.25) is 5.95 Å².